The topological polar surface area (TPSA) is 12.9 Å². The molecule has 3 rings (SSSR count). The molecular formula is C14H14FN. The van der Waals surface area contributed by atoms with E-state index in [0.717, 1.165) is 12.1 Å². The minimum Gasteiger partial charge on any atom is -0.260 e. The van der Waals surface area contributed by atoms with Gasteiger partial charge in [0.05, 0.1) is 5.69 Å². The fraction of sp³-hybridized carbons (Fsp3) is 0.357. The zero-order chi connectivity index (χ0) is 11.3. The zero-order valence-corrected chi connectivity index (χ0v) is 9.50. The number of pyridine rings is 1. The third-order valence-corrected chi connectivity index (χ3v) is 3.93. The van der Waals surface area contributed by atoms with Gasteiger partial charge in [0.2, 0.25) is 0 Å². The second-order valence-electron chi connectivity index (χ2n) is 4.89. The van der Waals surface area contributed by atoms with Crippen LogP contribution in [0.4, 0.5) is 4.39 Å². The van der Waals surface area contributed by atoms with Crippen molar-refractivity contribution in [2.75, 3.05) is 0 Å². The normalized spacial score (nSPS) is 31.6. The molecule has 0 aromatic carbocycles. The second-order valence-corrected chi connectivity index (χ2v) is 4.89. The Morgan fingerprint density at radius 3 is 3.12 bits per heavy atom. The average molecular weight is 215 g/mol. The molecule has 0 spiro atoms. The number of nitrogens with zero attached hydrogens (tertiary/aromatic N) is 1. The molecule has 1 heterocycles. The monoisotopic (exact) mass is 215 g/mol. The summed E-state index contributed by atoms with van der Waals surface area (Å²) in [4.78, 5) is 4.50. The molecule has 0 fully saturated rings. The van der Waals surface area contributed by atoms with Gasteiger partial charge in [-0.2, -0.15) is 0 Å². The quantitative estimate of drug-likeness (QED) is 0.644. The highest BCUT2D eigenvalue weighted by Gasteiger charge is 2.44. The van der Waals surface area contributed by atoms with Gasteiger partial charge in [-0.05, 0) is 42.7 Å². The van der Waals surface area contributed by atoms with E-state index >= 15 is 0 Å². The van der Waals surface area contributed by atoms with Crippen LogP contribution < -0.4 is 0 Å². The highest BCUT2D eigenvalue weighted by molar-refractivity contribution is 5.54. The molecule has 0 amide bonds. The Labute approximate surface area is 94.7 Å². The molecule has 0 aliphatic heterocycles. The number of hydrogen-bond donors (Lipinski definition) is 0. The summed E-state index contributed by atoms with van der Waals surface area (Å²) in [6.45, 7) is 4.30. The predicted octanol–water partition coefficient (Wildman–Crippen LogP) is 3.64. The summed E-state index contributed by atoms with van der Waals surface area (Å²) in [5.74, 6) is 0.181. The van der Waals surface area contributed by atoms with E-state index in [-0.39, 0.29) is 17.2 Å². The highest BCUT2D eigenvalue weighted by atomic mass is 19.1. The fourth-order valence-electron chi connectivity index (χ4n) is 3.02. The van der Waals surface area contributed by atoms with Crippen LogP contribution in [0.25, 0.3) is 0 Å². The molecule has 1 aromatic heterocycles. The summed E-state index contributed by atoms with van der Waals surface area (Å²) in [7, 11) is 0. The smallest absolute Gasteiger partial charge is 0.119 e. The van der Waals surface area contributed by atoms with E-state index in [0.29, 0.717) is 0 Å². The highest BCUT2D eigenvalue weighted by Crippen LogP contribution is 2.53. The van der Waals surface area contributed by atoms with Gasteiger partial charge < -0.3 is 0 Å². The van der Waals surface area contributed by atoms with E-state index in [1.165, 1.54) is 11.1 Å². The largest absolute Gasteiger partial charge is 0.260 e. The van der Waals surface area contributed by atoms with Gasteiger partial charge in [-0.15, -0.1) is 0 Å². The van der Waals surface area contributed by atoms with E-state index in [4.69, 9.17) is 0 Å². The van der Waals surface area contributed by atoms with Crippen LogP contribution >= 0.6 is 0 Å². The maximum atomic E-state index is 13.4. The standard InChI is InChI=1S/C14H14FN/c1-9-11-4-3-7-16-13(11)14(2)6-5-10(15)8-12(9)14/h3-5,7-9H,6H2,1-2H3. The molecule has 2 aliphatic rings. The van der Waals surface area contributed by atoms with Crippen molar-refractivity contribution in [2.24, 2.45) is 0 Å². The van der Waals surface area contributed by atoms with E-state index < -0.39 is 0 Å². The lowest BCUT2D eigenvalue weighted by Crippen LogP contribution is -2.23. The van der Waals surface area contributed by atoms with Crippen LogP contribution in [0, 0.1) is 0 Å². The molecular weight excluding hydrogens is 201 g/mol. The molecule has 2 aliphatic carbocycles. The SMILES string of the molecule is CC1C2=CC(F)=CCC2(C)c2ncccc21. The maximum absolute atomic E-state index is 13.4. The van der Waals surface area contributed by atoms with Crippen LogP contribution in [-0.4, -0.2) is 4.98 Å². The van der Waals surface area contributed by atoms with Crippen molar-refractivity contribution in [2.45, 2.75) is 31.6 Å². The number of halogens is 1. The Bertz CT molecular complexity index is 515. The van der Waals surface area contributed by atoms with Crippen LogP contribution in [0.15, 0.2) is 41.9 Å². The Hall–Kier alpha value is -1.44. The van der Waals surface area contributed by atoms with Crippen LogP contribution in [0.2, 0.25) is 0 Å². The number of rotatable bonds is 0. The van der Waals surface area contributed by atoms with Gasteiger partial charge in [0.1, 0.15) is 5.83 Å². The van der Waals surface area contributed by atoms with E-state index in [9.17, 15) is 4.39 Å². The van der Waals surface area contributed by atoms with Gasteiger partial charge in [0.15, 0.2) is 0 Å². The lowest BCUT2D eigenvalue weighted by Gasteiger charge is -2.28. The summed E-state index contributed by atoms with van der Waals surface area (Å²) in [6.07, 6.45) is 5.91. The first-order valence-corrected chi connectivity index (χ1v) is 5.66. The van der Waals surface area contributed by atoms with Crippen LogP contribution in [-0.2, 0) is 5.41 Å². The fourth-order valence-corrected chi connectivity index (χ4v) is 3.02. The van der Waals surface area contributed by atoms with Crippen LogP contribution in [0.3, 0.4) is 0 Å². The van der Waals surface area contributed by atoms with E-state index in [2.05, 4.69) is 24.9 Å². The summed E-state index contributed by atoms with van der Waals surface area (Å²) >= 11 is 0. The van der Waals surface area contributed by atoms with Crippen molar-refractivity contribution in [3.63, 3.8) is 0 Å². The molecule has 0 radical (unpaired) electrons. The van der Waals surface area contributed by atoms with Crippen molar-refractivity contribution < 1.29 is 4.39 Å². The third-order valence-electron chi connectivity index (χ3n) is 3.93. The molecule has 0 saturated heterocycles. The van der Waals surface area contributed by atoms with Gasteiger partial charge in [-0.3, -0.25) is 4.98 Å². The summed E-state index contributed by atoms with van der Waals surface area (Å²) in [6, 6.07) is 4.07. The summed E-state index contributed by atoms with van der Waals surface area (Å²) in [5.41, 5.74) is 3.45. The zero-order valence-electron chi connectivity index (χ0n) is 9.50. The number of aromatic nitrogens is 1. The lowest BCUT2D eigenvalue weighted by molar-refractivity contribution is 0.523. The Kier molecular flexibility index (Phi) is 1.85. The molecule has 2 atom stereocenters. The first kappa shape index (κ1) is 9.76. The van der Waals surface area contributed by atoms with Gasteiger partial charge in [-0.25, -0.2) is 4.39 Å². The second kappa shape index (κ2) is 3.03. The van der Waals surface area contributed by atoms with Crippen molar-refractivity contribution in [3.05, 3.63) is 53.1 Å². The molecule has 2 unspecified atom stereocenters. The molecule has 0 saturated carbocycles. The van der Waals surface area contributed by atoms with Crippen molar-refractivity contribution in [3.8, 4) is 0 Å². The van der Waals surface area contributed by atoms with E-state index in [1.54, 1.807) is 12.2 Å². The molecule has 1 nitrogen and oxygen atoms in total. The van der Waals surface area contributed by atoms with Crippen molar-refractivity contribution in [1.29, 1.82) is 0 Å². The van der Waals surface area contributed by atoms with Crippen molar-refractivity contribution in [1.82, 2.24) is 4.98 Å². The molecule has 0 bridgehead atoms. The Morgan fingerprint density at radius 2 is 2.31 bits per heavy atom. The van der Waals surface area contributed by atoms with Gasteiger partial charge >= 0.3 is 0 Å². The van der Waals surface area contributed by atoms with Gasteiger partial charge in [-0.1, -0.05) is 13.0 Å². The molecule has 16 heavy (non-hydrogen) atoms. The van der Waals surface area contributed by atoms with Gasteiger partial charge in [0.25, 0.3) is 0 Å². The summed E-state index contributed by atoms with van der Waals surface area (Å²) < 4.78 is 13.4. The van der Waals surface area contributed by atoms with Crippen LogP contribution in [0.1, 0.15) is 37.4 Å². The first-order chi connectivity index (χ1) is 7.63. The number of fused-ring (bicyclic) bond motifs is 3. The molecule has 0 N–H and O–H groups in total. The Morgan fingerprint density at radius 1 is 1.50 bits per heavy atom. The minimum absolute atomic E-state index is 0.0917. The van der Waals surface area contributed by atoms with E-state index in [1.807, 2.05) is 12.3 Å². The number of hydrogen-bond acceptors (Lipinski definition) is 1. The average Bonchev–Trinajstić information content (AvgIpc) is 2.52. The number of allylic oxidation sites excluding steroid dienone is 4. The predicted molar refractivity (Wildman–Crippen MR) is 61.9 cm³/mol. The lowest BCUT2D eigenvalue weighted by atomic mass is 9.76. The van der Waals surface area contributed by atoms with Crippen LogP contribution in [0.5, 0.6) is 0 Å². The third kappa shape index (κ3) is 1.07. The molecule has 1 aromatic rings. The molecule has 82 valence electrons. The van der Waals surface area contributed by atoms with Gasteiger partial charge in [0, 0.05) is 17.5 Å². The first-order valence-electron chi connectivity index (χ1n) is 5.66. The molecule has 2 heteroatoms. The summed E-state index contributed by atoms with van der Waals surface area (Å²) in [5, 5.41) is 0. The van der Waals surface area contributed by atoms with Crippen molar-refractivity contribution >= 4 is 0 Å². The minimum atomic E-state index is -0.105. The maximum Gasteiger partial charge on any atom is 0.119 e. The Balaban J connectivity index is 2.25.